The van der Waals surface area contributed by atoms with Crippen LogP contribution in [0.25, 0.3) is 0 Å². The Labute approximate surface area is 178 Å². The quantitative estimate of drug-likeness (QED) is 0.521. The minimum atomic E-state index is -0.999. The Bertz CT molecular complexity index is 940. The van der Waals surface area contributed by atoms with Crippen LogP contribution in [-0.2, 0) is 14.3 Å². The summed E-state index contributed by atoms with van der Waals surface area (Å²) in [5.41, 5.74) is 1.41. The number of ether oxygens (including phenoxy) is 2. The molecule has 0 aliphatic carbocycles. The summed E-state index contributed by atoms with van der Waals surface area (Å²) < 4.78 is 11.0. The average Bonchev–Trinajstić information content (AvgIpc) is 2.66. The normalized spacial score (nSPS) is 11.2. The lowest BCUT2D eigenvalue weighted by molar-refractivity contribution is -0.145. The van der Waals surface area contributed by atoms with E-state index in [4.69, 9.17) is 37.9 Å². The standard InChI is InChI=1S/C20H19Cl2N3O4/c1-12(26)29-20(24-15-6-4-13(10-23)5-7-15)16-8-14(21)9-17(22)19(16)28-11-18(27)25(2)3/h4-9,20,24H,11H2,1-3H3. The van der Waals surface area contributed by atoms with Gasteiger partial charge in [0.25, 0.3) is 5.91 Å². The maximum Gasteiger partial charge on any atom is 0.304 e. The van der Waals surface area contributed by atoms with Crippen LogP contribution in [0.4, 0.5) is 5.69 Å². The van der Waals surface area contributed by atoms with Crippen molar-refractivity contribution < 1.29 is 19.1 Å². The van der Waals surface area contributed by atoms with E-state index < -0.39 is 12.2 Å². The third kappa shape index (κ3) is 6.28. The lowest BCUT2D eigenvalue weighted by atomic mass is 10.1. The molecular weight excluding hydrogens is 417 g/mol. The first kappa shape index (κ1) is 22.3. The van der Waals surface area contributed by atoms with Crippen LogP contribution in [0.3, 0.4) is 0 Å². The monoisotopic (exact) mass is 435 g/mol. The van der Waals surface area contributed by atoms with Gasteiger partial charge < -0.3 is 19.7 Å². The van der Waals surface area contributed by atoms with Gasteiger partial charge in [-0.2, -0.15) is 5.26 Å². The molecule has 29 heavy (non-hydrogen) atoms. The van der Waals surface area contributed by atoms with Crippen LogP contribution in [0, 0.1) is 11.3 Å². The Hall–Kier alpha value is -2.95. The van der Waals surface area contributed by atoms with Crippen LogP contribution in [0.5, 0.6) is 5.75 Å². The lowest BCUT2D eigenvalue weighted by Crippen LogP contribution is -2.28. The first-order chi connectivity index (χ1) is 13.7. The van der Waals surface area contributed by atoms with E-state index in [0.717, 1.165) is 0 Å². The van der Waals surface area contributed by atoms with Crippen molar-refractivity contribution in [1.29, 1.82) is 5.26 Å². The first-order valence-electron chi connectivity index (χ1n) is 8.47. The van der Waals surface area contributed by atoms with Crippen molar-refractivity contribution in [2.24, 2.45) is 0 Å². The molecule has 0 saturated heterocycles. The molecule has 7 nitrogen and oxygen atoms in total. The molecule has 2 aromatic rings. The number of hydrogen-bond donors (Lipinski definition) is 1. The van der Waals surface area contributed by atoms with E-state index in [1.807, 2.05) is 6.07 Å². The maximum absolute atomic E-state index is 11.9. The van der Waals surface area contributed by atoms with Crippen LogP contribution in [0.2, 0.25) is 10.0 Å². The number of nitriles is 1. The SMILES string of the molecule is CC(=O)OC(Nc1ccc(C#N)cc1)c1cc(Cl)cc(Cl)c1OCC(=O)N(C)C. The highest BCUT2D eigenvalue weighted by Gasteiger charge is 2.23. The molecule has 1 N–H and O–H groups in total. The Morgan fingerprint density at radius 1 is 1.21 bits per heavy atom. The summed E-state index contributed by atoms with van der Waals surface area (Å²) in [4.78, 5) is 25.0. The van der Waals surface area contributed by atoms with Crippen molar-refractivity contribution in [3.8, 4) is 11.8 Å². The Balaban J connectivity index is 2.41. The van der Waals surface area contributed by atoms with Crippen LogP contribution >= 0.6 is 23.2 Å². The molecule has 2 rings (SSSR count). The van der Waals surface area contributed by atoms with Gasteiger partial charge in [-0.25, -0.2) is 0 Å². The maximum atomic E-state index is 11.9. The van der Waals surface area contributed by atoms with Gasteiger partial charge >= 0.3 is 5.97 Å². The van der Waals surface area contributed by atoms with E-state index >= 15 is 0 Å². The minimum absolute atomic E-state index is 0.165. The van der Waals surface area contributed by atoms with Crippen molar-refractivity contribution in [2.45, 2.75) is 13.2 Å². The van der Waals surface area contributed by atoms with Crippen molar-refractivity contribution >= 4 is 40.8 Å². The predicted molar refractivity (Wildman–Crippen MR) is 110 cm³/mol. The van der Waals surface area contributed by atoms with Gasteiger partial charge in [0.05, 0.1) is 22.2 Å². The molecule has 0 saturated carbocycles. The molecule has 0 radical (unpaired) electrons. The third-order valence-electron chi connectivity index (χ3n) is 3.75. The zero-order valence-electron chi connectivity index (χ0n) is 16.0. The van der Waals surface area contributed by atoms with Gasteiger partial charge in [0.1, 0.15) is 5.75 Å². The van der Waals surface area contributed by atoms with Crippen molar-refractivity contribution in [3.05, 3.63) is 57.6 Å². The summed E-state index contributed by atoms with van der Waals surface area (Å²) >= 11 is 12.4. The molecule has 0 aliphatic heterocycles. The summed E-state index contributed by atoms with van der Waals surface area (Å²) in [6.45, 7) is 1.00. The first-order valence-corrected chi connectivity index (χ1v) is 9.22. The zero-order valence-corrected chi connectivity index (χ0v) is 17.5. The number of halogens is 2. The molecule has 0 aromatic heterocycles. The molecule has 1 atom stereocenters. The Morgan fingerprint density at radius 2 is 1.86 bits per heavy atom. The van der Waals surface area contributed by atoms with E-state index in [9.17, 15) is 9.59 Å². The fourth-order valence-corrected chi connectivity index (χ4v) is 2.88. The van der Waals surface area contributed by atoms with E-state index in [2.05, 4.69) is 5.32 Å². The van der Waals surface area contributed by atoms with Crippen LogP contribution in [-0.4, -0.2) is 37.5 Å². The number of hydrogen-bond acceptors (Lipinski definition) is 6. The van der Waals surface area contributed by atoms with Crippen LogP contribution in [0.1, 0.15) is 24.3 Å². The van der Waals surface area contributed by atoms with Crippen molar-refractivity contribution in [2.75, 3.05) is 26.0 Å². The molecular formula is C20H19Cl2N3O4. The molecule has 0 bridgehead atoms. The highest BCUT2D eigenvalue weighted by molar-refractivity contribution is 6.35. The van der Waals surface area contributed by atoms with Gasteiger partial charge in [-0.1, -0.05) is 23.2 Å². The highest BCUT2D eigenvalue weighted by Crippen LogP contribution is 2.38. The number of carbonyl (C=O) groups is 2. The van der Waals surface area contributed by atoms with E-state index in [1.165, 1.54) is 24.0 Å². The second-order valence-corrected chi connectivity index (χ2v) is 7.05. The van der Waals surface area contributed by atoms with E-state index in [1.54, 1.807) is 38.4 Å². The number of benzene rings is 2. The second kappa shape index (κ2) is 10.0. The zero-order chi connectivity index (χ0) is 21.6. The smallest absolute Gasteiger partial charge is 0.304 e. The summed E-state index contributed by atoms with van der Waals surface area (Å²) in [5.74, 6) is -0.660. The van der Waals surface area contributed by atoms with Gasteiger partial charge in [-0.3, -0.25) is 9.59 Å². The Kier molecular flexibility index (Phi) is 7.71. The number of anilines is 1. The number of amides is 1. The minimum Gasteiger partial charge on any atom is -0.482 e. The molecule has 0 fully saturated rings. The molecule has 9 heteroatoms. The molecule has 0 aliphatic rings. The Morgan fingerprint density at radius 3 is 2.41 bits per heavy atom. The van der Waals surface area contributed by atoms with Crippen LogP contribution in [0.15, 0.2) is 36.4 Å². The summed E-state index contributed by atoms with van der Waals surface area (Å²) in [7, 11) is 3.20. The largest absolute Gasteiger partial charge is 0.482 e. The highest BCUT2D eigenvalue weighted by atomic mass is 35.5. The summed E-state index contributed by atoms with van der Waals surface area (Å²) in [6.07, 6.45) is -0.999. The summed E-state index contributed by atoms with van der Waals surface area (Å²) in [6, 6.07) is 11.6. The van der Waals surface area contributed by atoms with E-state index in [0.29, 0.717) is 21.8 Å². The molecule has 2 aromatic carbocycles. The van der Waals surface area contributed by atoms with Gasteiger partial charge in [0, 0.05) is 31.7 Å². The number of nitrogens with zero attached hydrogens (tertiary/aromatic N) is 2. The molecule has 1 amide bonds. The van der Waals surface area contributed by atoms with Crippen molar-refractivity contribution in [3.63, 3.8) is 0 Å². The number of carbonyl (C=O) groups excluding carboxylic acids is 2. The fraction of sp³-hybridized carbons (Fsp3) is 0.250. The average molecular weight is 436 g/mol. The van der Waals surface area contributed by atoms with Gasteiger partial charge in [0.2, 0.25) is 6.23 Å². The fourth-order valence-electron chi connectivity index (χ4n) is 2.32. The summed E-state index contributed by atoms with van der Waals surface area (Å²) in [5, 5.41) is 12.4. The number of esters is 1. The number of nitrogens with one attached hydrogen (secondary N) is 1. The van der Waals surface area contributed by atoms with Crippen LogP contribution < -0.4 is 10.1 Å². The van der Waals surface area contributed by atoms with Gasteiger partial charge in [-0.15, -0.1) is 0 Å². The third-order valence-corrected chi connectivity index (χ3v) is 4.25. The molecule has 0 heterocycles. The predicted octanol–water partition coefficient (Wildman–Crippen LogP) is 4.01. The number of likely N-dealkylation sites (N-methyl/N-ethyl adjacent to an activating group) is 1. The lowest BCUT2D eigenvalue weighted by Gasteiger charge is -2.23. The topological polar surface area (TPSA) is 91.7 Å². The molecule has 152 valence electrons. The van der Waals surface area contributed by atoms with Gasteiger partial charge in [-0.05, 0) is 36.4 Å². The van der Waals surface area contributed by atoms with Gasteiger partial charge in [0.15, 0.2) is 6.61 Å². The molecule has 0 spiro atoms. The number of rotatable bonds is 7. The van der Waals surface area contributed by atoms with E-state index in [-0.39, 0.29) is 23.3 Å². The molecule has 1 unspecified atom stereocenters. The second-order valence-electron chi connectivity index (χ2n) is 6.21. The van der Waals surface area contributed by atoms with Crippen molar-refractivity contribution in [1.82, 2.24) is 4.90 Å².